The summed E-state index contributed by atoms with van der Waals surface area (Å²) >= 11 is 0. The molecule has 18 heteroatoms. The first-order valence-corrected chi connectivity index (χ1v) is 14.9. The van der Waals surface area contributed by atoms with Crippen LogP contribution in [0.25, 0.3) is 0 Å². The highest BCUT2D eigenvalue weighted by molar-refractivity contribution is 6.13. The van der Waals surface area contributed by atoms with Crippen LogP contribution in [-0.2, 0) is 4.74 Å². The average Bonchev–Trinajstić information content (AvgIpc) is 3.30. The number of morpholine rings is 1. The summed E-state index contributed by atoms with van der Waals surface area (Å²) in [5.74, 6) is -2.18. The molecule has 2 aromatic heterocycles. The Morgan fingerprint density at radius 1 is 1.00 bits per heavy atom. The van der Waals surface area contributed by atoms with E-state index in [0.29, 0.717) is 18.9 Å². The Labute approximate surface area is 268 Å². The molecule has 6 aliphatic rings. The molecule has 3 aliphatic carbocycles. The summed E-state index contributed by atoms with van der Waals surface area (Å²) in [4.78, 5) is 42.1. The number of methoxy groups -OCH3 is 1. The number of halogens is 5. The number of nitrogens with zero attached hydrogens (tertiary/aromatic N) is 4. The molecule has 1 aromatic carbocycles. The van der Waals surface area contributed by atoms with Gasteiger partial charge in [0.05, 0.1) is 61.0 Å². The predicted molar refractivity (Wildman–Crippen MR) is 155 cm³/mol. The fourth-order valence-electron chi connectivity index (χ4n) is 7.29. The first-order chi connectivity index (χ1) is 22.8. The van der Waals surface area contributed by atoms with E-state index in [0.717, 1.165) is 30.7 Å². The van der Waals surface area contributed by atoms with Gasteiger partial charge in [0.2, 0.25) is 5.88 Å². The van der Waals surface area contributed by atoms with E-state index in [-0.39, 0.29) is 59.9 Å². The Balaban J connectivity index is 1.05. The van der Waals surface area contributed by atoms with Crippen molar-refractivity contribution >= 4 is 34.8 Å². The maximum absolute atomic E-state index is 13.9. The highest BCUT2D eigenvalue weighted by Gasteiger charge is 2.79. The van der Waals surface area contributed by atoms with Crippen molar-refractivity contribution in [2.45, 2.75) is 55.8 Å². The molecular weight excluding hydrogens is 649 g/mol. The number of hydrogen-bond donors (Lipinski definition) is 3. The number of aromatic nitrogens is 3. The van der Waals surface area contributed by atoms with Gasteiger partial charge < -0.3 is 39.8 Å². The Morgan fingerprint density at radius 2 is 1.71 bits per heavy atom. The monoisotopic (exact) mass is 675 g/mol. The molecule has 9 rings (SSSR count). The normalized spacial score (nSPS) is 27.2. The van der Waals surface area contributed by atoms with Gasteiger partial charge in [0, 0.05) is 11.6 Å². The number of fused-ring (bicyclic) bond motifs is 3. The molecule has 5 heterocycles. The Bertz CT molecular complexity index is 1810. The third kappa shape index (κ3) is 4.79. The maximum atomic E-state index is 13.9. The third-order valence-corrected chi connectivity index (χ3v) is 9.50. The summed E-state index contributed by atoms with van der Waals surface area (Å²) in [6, 6.07) is 5.99. The lowest BCUT2D eigenvalue weighted by atomic mass is 9.39. The van der Waals surface area contributed by atoms with Crippen molar-refractivity contribution < 1.29 is 50.5 Å². The largest absolute Gasteiger partial charge is 0.586 e. The lowest BCUT2D eigenvalue weighted by molar-refractivity contribution is -0.336. The van der Waals surface area contributed by atoms with Gasteiger partial charge in [0.25, 0.3) is 11.8 Å². The maximum Gasteiger partial charge on any atom is 0.586 e. The molecule has 0 spiro atoms. The molecule has 13 nitrogen and oxygen atoms in total. The molecule has 2 atom stereocenters. The first kappa shape index (κ1) is 30.3. The summed E-state index contributed by atoms with van der Waals surface area (Å²) in [6.07, 6.45) is -5.63. The molecule has 3 saturated carbocycles. The Kier molecular flexibility index (Phi) is 6.48. The van der Waals surface area contributed by atoms with Crippen LogP contribution < -0.4 is 35.1 Å². The second-order valence-electron chi connectivity index (χ2n) is 12.6. The topological polar surface area (TPSA) is 149 Å². The van der Waals surface area contributed by atoms with Crippen molar-refractivity contribution in [3.8, 4) is 17.4 Å². The summed E-state index contributed by atoms with van der Waals surface area (Å²) < 4.78 is 87.9. The molecule has 2 unspecified atom stereocenters. The molecule has 3 aliphatic heterocycles. The number of rotatable bonds is 8. The van der Waals surface area contributed by atoms with E-state index in [1.54, 1.807) is 12.3 Å². The molecule has 2 saturated heterocycles. The summed E-state index contributed by atoms with van der Waals surface area (Å²) in [6.45, 7) is 1.26. The van der Waals surface area contributed by atoms with Gasteiger partial charge in [-0.2, -0.15) is 13.2 Å². The minimum absolute atomic E-state index is 0.00675. The summed E-state index contributed by atoms with van der Waals surface area (Å²) in [5.41, 5.74) is -3.33. The van der Waals surface area contributed by atoms with Crippen LogP contribution in [0.5, 0.6) is 17.4 Å². The number of amides is 2. The second-order valence-corrected chi connectivity index (χ2v) is 12.6. The molecule has 3 aromatic rings. The first-order valence-electron chi connectivity index (χ1n) is 14.9. The lowest BCUT2D eigenvalue weighted by Crippen LogP contribution is -2.78. The van der Waals surface area contributed by atoms with Gasteiger partial charge >= 0.3 is 12.5 Å². The van der Waals surface area contributed by atoms with Crippen molar-refractivity contribution in [1.29, 1.82) is 0 Å². The summed E-state index contributed by atoms with van der Waals surface area (Å²) in [5, 5.41) is 8.09. The molecule has 48 heavy (non-hydrogen) atoms. The van der Waals surface area contributed by atoms with Crippen LogP contribution in [-0.4, -0.2) is 77.2 Å². The SMILES string of the molecule is COc1ncnc(Nc2ccc(N3C4COCC3C4)nc2)c1C(=O)Nc1cc2c(cc1C(=O)NC13CC(C(F)(F)F)(C1)C3)OC(F)(F)O2. The third-order valence-electron chi connectivity index (χ3n) is 9.50. The fourth-order valence-corrected chi connectivity index (χ4v) is 7.29. The van der Waals surface area contributed by atoms with E-state index in [2.05, 4.69) is 45.3 Å². The van der Waals surface area contributed by atoms with Gasteiger partial charge in [-0.15, -0.1) is 8.78 Å². The number of nitrogens with one attached hydrogen (secondary N) is 3. The molecule has 4 bridgehead atoms. The van der Waals surface area contributed by atoms with Gasteiger partial charge in [0.1, 0.15) is 17.7 Å². The molecule has 3 N–H and O–H groups in total. The number of alkyl halides is 5. The predicted octanol–water partition coefficient (Wildman–Crippen LogP) is 4.39. The van der Waals surface area contributed by atoms with Crippen molar-refractivity contribution in [2.24, 2.45) is 5.41 Å². The number of carbonyl (C=O) groups excluding carboxylic acids is 2. The number of benzene rings is 1. The quantitative estimate of drug-likeness (QED) is 0.292. The minimum Gasteiger partial charge on any atom is -0.480 e. The Morgan fingerprint density at radius 3 is 2.33 bits per heavy atom. The lowest BCUT2D eigenvalue weighted by Gasteiger charge is -2.70. The van der Waals surface area contributed by atoms with Crippen LogP contribution in [0.15, 0.2) is 36.8 Å². The van der Waals surface area contributed by atoms with E-state index in [1.165, 1.54) is 7.11 Å². The van der Waals surface area contributed by atoms with Gasteiger partial charge in [0.15, 0.2) is 17.3 Å². The number of carbonyl (C=O) groups is 2. The van der Waals surface area contributed by atoms with Crippen LogP contribution in [0, 0.1) is 5.41 Å². The van der Waals surface area contributed by atoms with Crippen molar-refractivity contribution in [2.75, 3.05) is 35.9 Å². The molecular formula is C30H26F5N7O6. The van der Waals surface area contributed by atoms with Gasteiger partial charge in [-0.05, 0) is 43.9 Å². The highest BCUT2D eigenvalue weighted by Crippen LogP contribution is 2.73. The van der Waals surface area contributed by atoms with Crippen LogP contribution >= 0.6 is 0 Å². The van der Waals surface area contributed by atoms with E-state index < -0.39 is 46.7 Å². The Hall–Kier alpha value is -5.00. The minimum atomic E-state index is -4.41. The van der Waals surface area contributed by atoms with Crippen LogP contribution in [0.4, 0.5) is 45.0 Å². The van der Waals surface area contributed by atoms with Crippen LogP contribution in [0.1, 0.15) is 46.4 Å². The number of anilines is 4. The van der Waals surface area contributed by atoms with E-state index in [9.17, 15) is 31.5 Å². The number of ether oxygens (including phenoxy) is 4. The van der Waals surface area contributed by atoms with Gasteiger partial charge in [-0.25, -0.2) is 15.0 Å². The van der Waals surface area contributed by atoms with E-state index in [1.807, 2.05) is 6.07 Å². The number of hydrogen-bond acceptors (Lipinski definition) is 11. The molecule has 5 fully saturated rings. The molecule has 2 amide bonds. The van der Waals surface area contributed by atoms with Gasteiger partial charge in [-0.1, -0.05) is 0 Å². The van der Waals surface area contributed by atoms with Gasteiger partial charge in [-0.3, -0.25) is 9.59 Å². The zero-order valence-corrected chi connectivity index (χ0v) is 25.0. The fraction of sp³-hybridized carbons (Fsp3) is 0.433. The highest BCUT2D eigenvalue weighted by atomic mass is 19.4. The van der Waals surface area contributed by atoms with Crippen molar-refractivity contribution in [1.82, 2.24) is 20.3 Å². The van der Waals surface area contributed by atoms with Crippen LogP contribution in [0.2, 0.25) is 0 Å². The molecule has 0 radical (unpaired) electrons. The van der Waals surface area contributed by atoms with Crippen molar-refractivity contribution in [3.05, 3.63) is 47.9 Å². The number of pyridine rings is 1. The smallest absolute Gasteiger partial charge is 0.480 e. The van der Waals surface area contributed by atoms with E-state index >= 15 is 0 Å². The average molecular weight is 676 g/mol. The molecule has 252 valence electrons. The van der Waals surface area contributed by atoms with Crippen molar-refractivity contribution in [3.63, 3.8) is 0 Å². The summed E-state index contributed by atoms with van der Waals surface area (Å²) in [7, 11) is 1.27. The second kappa shape index (κ2) is 10.2. The standard InChI is InChI=1S/C30H26F5N7O6/c1-45-26-22(23(37-13-38-26)39-14-2-3-21(36-7-14)42-15-4-16(42)9-46-8-15)25(44)40-18-6-20-19(47-30(34,35)48-20)5-17(18)24(43)41-28-10-27(11-28,12-28)29(31,32)33/h2-3,5-7,13,15-16H,4,8-12H2,1H3,(H,40,44)(H,41,43)(H,37,38,39). The van der Waals surface area contributed by atoms with Crippen LogP contribution in [0.3, 0.4) is 0 Å². The van der Waals surface area contributed by atoms with E-state index in [4.69, 9.17) is 9.47 Å². The zero-order chi connectivity index (χ0) is 33.6. The zero-order valence-electron chi connectivity index (χ0n) is 25.0.